The molecule has 1 aliphatic heterocycles. The number of carbonyl (C=O) groups excluding carboxylic acids is 3. The van der Waals surface area contributed by atoms with Crippen LogP contribution in [0.1, 0.15) is 56.6 Å². The van der Waals surface area contributed by atoms with Crippen molar-refractivity contribution >= 4 is 17.8 Å². The number of ether oxygens (including phenoxy) is 1. The van der Waals surface area contributed by atoms with Crippen LogP contribution in [-0.2, 0) is 9.59 Å². The van der Waals surface area contributed by atoms with Crippen LogP contribution in [-0.4, -0.2) is 46.8 Å². The summed E-state index contributed by atoms with van der Waals surface area (Å²) in [6.45, 7) is 6.57. The largest absolute Gasteiger partial charge is 0.492 e. The molecule has 0 radical (unpaired) electrons. The summed E-state index contributed by atoms with van der Waals surface area (Å²) in [6, 6.07) is 5.26. The minimum Gasteiger partial charge on any atom is -0.492 e. The van der Waals surface area contributed by atoms with Gasteiger partial charge in [-0.15, -0.1) is 0 Å². The van der Waals surface area contributed by atoms with Crippen molar-refractivity contribution in [1.29, 1.82) is 0 Å². The predicted octanol–water partition coefficient (Wildman–Crippen LogP) is 3.23. The molecule has 4 amide bonds. The van der Waals surface area contributed by atoms with Gasteiger partial charge in [-0.2, -0.15) is 0 Å². The summed E-state index contributed by atoms with van der Waals surface area (Å²) < 4.78 is 5.70. The molecule has 1 saturated carbocycles. The number of nitrogens with zero attached hydrogens (tertiary/aromatic N) is 2. The molecule has 6 nitrogen and oxygen atoms in total. The Balaban J connectivity index is 1.59. The number of urea groups is 1. The SMILES string of the molecule is Cc1cc(OCCN2C(=O)C(=O)N(C3CCCC3)C2=O)ccc1C(C)C. The summed E-state index contributed by atoms with van der Waals surface area (Å²) in [7, 11) is 0. The highest BCUT2D eigenvalue weighted by Crippen LogP contribution is 2.28. The van der Waals surface area contributed by atoms with Crippen LogP contribution in [0.3, 0.4) is 0 Å². The highest BCUT2D eigenvalue weighted by Gasteiger charge is 2.47. The Morgan fingerprint density at radius 2 is 1.81 bits per heavy atom. The molecule has 26 heavy (non-hydrogen) atoms. The Hall–Kier alpha value is -2.37. The lowest BCUT2D eigenvalue weighted by molar-refractivity contribution is -0.144. The molecule has 1 heterocycles. The second-order valence-corrected chi connectivity index (χ2v) is 7.37. The molecule has 3 rings (SSSR count). The molecule has 2 fully saturated rings. The zero-order valence-electron chi connectivity index (χ0n) is 15.7. The number of imide groups is 2. The van der Waals surface area contributed by atoms with Gasteiger partial charge in [-0.1, -0.05) is 32.8 Å². The normalized spacial score (nSPS) is 18.5. The molecule has 140 valence electrons. The fourth-order valence-electron chi connectivity index (χ4n) is 3.84. The maximum Gasteiger partial charge on any atom is 0.334 e. The fourth-order valence-corrected chi connectivity index (χ4v) is 3.84. The van der Waals surface area contributed by atoms with Gasteiger partial charge < -0.3 is 4.74 Å². The molecular weight excluding hydrogens is 332 g/mol. The van der Waals surface area contributed by atoms with E-state index in [1.54, 1.807) is 0 Å². The molecule has 0 spiro atoms. The maximum absolute atomic E-state index is 12.5. The smallest absolute Gasteiger partial charge is 0.334 e. The Bertz CT molecular complexity index is 723. The van der Waals surface area contributed by atoms with Gasteiger partial charge >= 0.3 is 17.8 Å². The van der Waals surface area contributed by atoms with Gasteiger partial charge in [0.1, 0.15) is 12.4 Å². The third-order valence-corrected chi connectivity index (χ3v) is 5.22. The number of amides is 4. The third kappa shape index (κ3) is 3.45. The molecule has 2 aliphatic rings. The summed E-state index contributed by atoms with van der Waals surface area (Å²) in [5.74, 6) is -0.294. The topological polar surface area (TPSA) is 66.9 Å². The second kappa shape index (κ2) is 7.48. The van der Waals surface area contributed by atoms with Crippen LogP contribution in [0.4, 0.5) is 4.79 Å². The molecule has 0 unspecified atom stereocenters. The monoisotopic (exact) mass is 358 g/mol. The first-order valence-electron chi connectivity index (χ1n) is 9.32. The molecule has 0 aromatic heterocycles. The van der Waals surface area contributed by atoms with Gasteiger partial charge in [0.25, 0.3) is 0 Å². The third-order valence-electron chi connectivity index (χ3n) is 5.22. The van der Waals surface area contributed by atoms with E-state index < -0.39 is 17.8 Å². The molecule has 0 N–H and O–H groups in total. The van der Waals surface area contributed by atoms with E-state index in [2.05, 4.69) is 13.8 Å². The average Bonchev–Trinajstić information content (AvgIpc) is 3.17. The molecule has 1 aromatic carbocycles. The predicted molar refractivity (Wildman–Crippen MR) is 97.0 cm³/mol. The minimum absolute atomic E-state index is 0.0810. The Morgan fingerprint density at radius 1 is 1.12 bits per heavy atom. The van der Waals surface area contributed by atoms with Gasteiger partial charge in [-0.25, -0.2) is 4.79 Å². The molecule has 1 saturated heterocycles. The highest BCUT2D eigenvalue weighted by molar-refractivity contribution is 6.44. The van der Waals surface area contributed by atoms with Gasteiger partial charge in [0.2, 0.25) is 0 Å². The number of hydrogen-bond donors (Lipinski definition) is 0. The van der Waals surface area contributed by atoms with E-state index in [0.29, 0.717) is 11.7 Å². The van der Waals surface area contributed by atoms with Gasteiger partial charge in [0.05, 0.1) is 6.54 Å². The van der Waals surface area contributed by atoms with Gasteiger partial charge in [-0.05, 0) is 48.9 Å². The average molecular weight is 358 g/mol. The van der Waals surface area contributed by atoms with Gasteiger partial charge in [-0.3, -0.25) is 19.4 Å². The highest BCUT2D eigenvalue weighted by atomic mass is 16.5. The van der Waals surface area contributed by atoms with Crippen LogP contribution in [0.5, 0.6) is 5.75 Å². The van der Waals surface area contributed by atoms with Crippen molar-refractivity contribution in [2.24, 2.45) is 0 Å². The zero-order chi connectivity index (χ0) is 18.8. The Morgan fingerprint density at radius 3 is 2.42 bits per heavy atom. The van der Waals surface area contributed by atoms with Crippen LogP contribution in [0.25, 0.3) is 0 Å². The molecule has 1 aliphatic carbocycles. The van der Waals surface area contributed by atoms with E-state index in [4.69, 9.17) is 4.74 Å². The number of aryl methyl sites for hydroxylation is 1. The summed E-state index contributed by atoms with van der Waals surface area (Å²) in [4.78, 5) is 39.0. The summed E-state index contributed by atoms with van der Waals surface area (Å²) in [5.41, 5.74) is 2.41. The van der Waals surface area contributed by atoms with E-state index in [1.165, 1.54) is 5.56 Å². The number of rotatable bonds is 6. The lowest BCUT2D eigenvalue weighted by Gasteiger charge is -2.21. The van der Waals surface area contributed by atoms with Crippen molar-refractivity contribution in [3.8, 4) is 5.75 Å². The van der Waals surface area contributed by atoms with E-state index in [0.717, 1.165) is 41.0 Å². The van der Waals surface area contributed by atoms with Crippen LogP contribution in [0.2, 0.25) is 0 Å². The summed E-state index contributed by atoms with van der Waals surface area (Å²) in [6.07, 6.45) is 3.56. The van der Waals surface area contributed by atoms with Crippen molar-refractivity contribution in [1.82, 2.24) is 9.80 Å². The summed E-state index contributed by atoms with van der Waals surface area (Å²) >= 11 is 0. The first-order valence-corrected chi connectivity index (χ1v) is 9.32. The number of carbonyl (C=O) groups is 3. The summed E-state index contributed by atoms with van der Waals surface area (Å²) in [5, 5.41) is 0. The molecule has 6 heteroatoms. The van der Waals surface area contributed by atoms with E-state index in [9.17, 15) is 14.4 Å². The van der Waals surface area contributed by atoms with Crippen molar-refractivity contribution in [3.05, 3.63) is 29.3 Å². The molecule has 0 atom stereocenters. The van der Waals surface area contributed by atoms with Crippen LogP contribution in [0.15, 0.2) is 18.2 Å². The van der Waals surface area contributed by atoms with Crippen LogP contribution in [0, 0.1) is 6.92 Å². The van der Waals surface area contributed by atoms with Gasteiger partial charge in [0.15, 0.2) is 0 Å². The first kappa shape index (κ1) is 18.4. The van der Waals surface area contributed by atoms with Crippen molar-refractivity contribution in [2.75, 3.05) is 13.2 Å². The molecule has 1 aromatic rings. The Labute approximate surface area is 154 Å². The van der Waals surface area contributed by atoms with Crippen LogP contribution >= 0.6 is 0 Å². The van der Waals surface area contributed by atoms with Crippen LogP contribution < -0.4 is 4.74 Å². The number of hydrogen-bond acceptors (Lipinski definition) is 4. The zero-order valence-corrected chi connectivity index (χ0v) is 15.7. The standard InChI is InChI=1S/C20H26N2O4/c1-13(2)17-9-8-16(12-14(17)3)26-11-10-21-18(23)19(24)22(20(21)25)15-6-4-5-7-15/h8-9,12-13,15H,4-7,10-11H2,1-3H3. The first-order chi connectivity index (χ1) is 12.4. The minimum atomic E-state index is -0.739. The molecular formula is C20H26N2O4. The molecule has 0 bridgehead atoms. The lowest BCUT2D eigenvalue weighted by atomic mass is 9.98. The van der Waals surface area contributed by atoms with Crippen molar-refractivity contribution in [2.45, 2.75) is 58.4 Å². The second-order valence-electron chi connectivity index (χ2n) is 7.37. The van der Waals surface area contributed by atoms with E-state index in [-0.39, 0.29) is 19.2 Å². The number of benzene rings is 1. The lowest BCUT2D eigenvalue weighted by Crippen LogP contribution is -2.40. The van der Waals surface area contributed by atoms with Crippen molar-refractivity contribution in [3.63, 3.8) is 0 Å². The van der Waals surface area contributed by atoms with Gasteiger partial charge in [0, 0.05) is 6.04 Å². The van der Waals surface area contributed by atoms with Crippen molar-refractivity contribution < 1.29 is 19.1 Å². The quantitative estimate of drug-likeness (QED) is 0.578. The Kier molecular flexibility index (Phi) is 5.30. The maximum atomic E-state index is 12.5. The fraction of sp³-hybridized carbons (Fsp3) is 0.550. The van der Waals surface area contributed by atoms with E-state index >= 15 is 0 Å². The van der Waals surface area contributed by atoms with E-state index in [1.807, 2.05) is 25.1 Å².